The molecule has 5 heteroatoms. The molecule has 5 nitrogen and oxygen atoms in total. The minimum absolute atomic E-state index is 0.590. The average molecular weight is 693 g/mol. The van der Waals surface area contributed by atoms with Crippen molar-refractivity contribution in [3.8, 4) is 45.3 Å². The predicted octanol–water partition coefficient (Wildman–Crippen LogP) is 13.1. The van der Waals surface area contributed by atoms with Gasteiger partial charge in [0.05, 0.1) is 5.69 Å². The van der Waals surface area contributed by atoms with E-state index in [9.17, 15) is 0 Å². The van der Waals surface area contributed by atoms with Crippen LogP contribution >= 0.6 is 0 Å². The van der Waals surface area contributed by atoms with Gasteiger partial charge in [0.2, 0.25) is 0 Å². The fourth-order valence-electron chi connectivity index (χ4n) is 7.34. The van der Waals surface area contributed by atoms with E-state index in [0.717, 1.165) is 72.2 Å². The molecule has 2 heterocycles. The van der Waals surface area contributed by atoms with Gasteiger partial charge in [-0.25, -0.2) is 15.0 Å². The zero-order valence-corrected chi connectivity index (χ0v) is 29.2. The first-order valence-corrected chi connectivity index (χ1v) is 18.0. The number of aromatic nitrogens is 3. The molecule has 0 radical (unpaired) electrons. The van der Waals surface area contributed by atoms with Crippen molar-refractivity contribution in [3.05, 3.63) is 194 Å². The monoisotopic (exact) mass is 692 g/mol. The maximum atomic E-state index is 6.67. The van der Waals surface area contributed by atoms with Gasteiger partial charge in [0.25, 0.3) is 0 Å². The van der Waals surface area contributed by atoms with E-state index < -0.39 is 0 Å². The molecule has 0 aliphatic carbocycles. The van der Waals surface area contributed by atoms with Gasteiger partial charge in [-0.3, -0.25) is 0 Å². The third kappa shape index (κ3) is 5.65. The SMILES string of the molecule is c1ccc(-c2nc(-c3ccc4ccccc4c3)nc(-c3cccc4oc5cc(N(c6ccccc6)c6ccccc6-c6ccccc6)ccc5c34)n2)cc1. The lowest BCUT2D eigenvalue weighted by Crippen LogP contribution is -2.11. The number of benzene rings is 8. The van der Waals surface area contributed by atoms with Crippen molar-refractivity contribution in [3.63, 3.8) is 0 Å². The van der Waals surface area contributed by atoms with Gasteiger partial charge in [-0.2, -0.15) is 0 Å². The van der Waals surface area contributed by atoms with Gasteiger partial charge in [0.15, 0.2) is 17.5 Å². The highest BCUT2D eigenvalue weighted by Crippen LogP contribution is 2.43. The fourth-order valence-corrected chi connectivity index (χ4v) is 7.34. The molecule has 0 bridgehead atoms. The zero-order chi connectivity index (χ0) is 35.8. The molecule has 10 rings (SSSR count). The molecule has 0 atom stereocenters. The van der Waals surface area contributed by atoms with Crippen molar-refractivity contribution >= 4 is 49.8 Å². The third-order valence-electron chi connectivity index (χ3n) is 9.90. The Morgan fingerprint density at radius 2 is 1.00 bits per heavy atom. The number of para-hydroxylation sites is 2. The second-order valence-electron chi connectivity index (χ2n) is 13.2. The Morgan fingerprint density at radius 3 is 1.80 bits per heavy atom. The quantitative estimate of drug-likeness (QED) is 0.166. The lowest BCUT2D eigenvalue weighted by molar-refractivity contribution is 0.669. The summed E-state index contributed by atoms with van der Waals surface area (Å²) in [7, 11) is 0. The first-order chi connectivity index (χ1) is 26.8. The average Bonchev–Trinajstić information content (AvgIpc) is 3.63. The van der Waals surface area contributed by atoms with Gasteiger partial charge in [0, 0.05) is 50.5 Å². The van der Waals surface area contributed by atoms with Crippen molar-refractivity contribution in [1.82, 2.24) is 15.0 Å². The number of anilines is 3. The molecular formula is C49H32N4O. The Balaban J connectivity index is 1.15. The van der Waals surface area contributed by atoms with E-state index in [2.05, 4.69) is 150 Å². The fraction of sp³-hybridized carbons (Fsp3) is 0. The van der Waals surface area contributed by atoms with Gasteiger partial charge < -0.3 is 9.32 Å². The number of furan rings is 1. The van der Waals surface area contributed by atoms with Crippen molar-refractivity contribution in [2.24, 2.45) is 0 Å². The first-order valence-electron chi connectivity index (χ1n) is 18.0. The van der Waals surface area contributed by atoms with E-state index in [1.54, 1.807) is 0 Å². The summed E-state index contributed by atoms with van der Waals surface area (Å²) in [5, 5.41) is 4.25. The van der Waals surface area contributed by atoms with Crippen molar-refractivity contribution in [2.75, 3.05) is 4.90 Å². The maximum Gasteiger partial charge on any atom is 0.164 e. The molecule has 2 aromatic heterocycles. The van der Waals surface area contributed by atoms with E-state index in [1.807, 2.05) is 48.5 Å². The Morgan fingerprint density at radius 1 is 0.370 bits per heavy atom. The highest BCUT2D eigenvalue weighted by molar-refractivity contribution is 6.12. The van der Waals surface area contributed by atoms with E-state index in [4.69, 9.17) is 19.4 Å². The van der Waals surface area contributed by atoms with Crippen LogP contribution in [-0.2, 0) is 0 Å². The molecule has 54 heavy (non-hydrogen) atoms. The lowest BCUT2D eigenvalue weighted by Gasteiger charge is -2.27. The second-order valence-corrected chi connectivity index (χ2v) is 13.2. The van der Waals surface area contributed by atoms with E-state index in [0.29, 0.717) is 17.5 Å². The Kier molecular flexibility index (Phi) is 7.73. The molecule has 0 spiro atoms. The number of nitrogens with zero attached hydrogens (tertiary/aromatic N) is 4. The third-order valence-corrected chi connectivity index (χ3v) is 9.90. The van der Waals surface area contributed by atoms with Crippen LogP contribution in [0.3, 0.4) is 0 Å². The summed E-state index contributed by atoms with van der Waals surface area (Å²) >= 11 is 0. The molecule has 0 saturated carbocycles. The van der Waals surface area contributed by atoms with Gasteiger partial charge in [-0.15, -0.1) is 0 Å². The van der Waals surface area contributed by atoms with Crippen LogP contribution in [0.4, 0.5) is 17.1 Å². The Labute approximate surface area is 312 Å². The second kappa shape index (κ2) is 13.3. The largest absolute Gasteiger partial charge is 0.456 e. The highest BCUT2D eigenvalue weighted by atomic mass is 16.3. The molecule has 8 aromatic carbocycles. The van der Waals surface area contributed by atoms with E-state index in [1.165, 1.54) is 5.39 Å². The lowest BCUT2D eigenvalue weighted by atomic mass is 10.0. The van der Waals surface area contributed by atoms with Crippen LogP contribution in [0.2, 0.25) is 0 Å². The van der Waals surface area contributed by atoms with Crippen LogP contribution in [0.5, 0.6) is 0 Å². The van der Waals surface area contributed by atoms with Crippen molar-refractivity contribution in [2.45, 2.75) is 0 Å². The Hall–Kier alpha value is -7.37. The summed E-state index contributed by atoms with van der Waals surface area (Å²) in [6.07, 6.45) is 0. The molecule has 0 amide bonds. The molecule has 0 N–H and O–H groups in total. The van der Waals surface area contributed by atoms with Crippen LogP contribution in [0, 0.1) is 0 Å². The molecule has 0 aliphatic heterocycles. The van der Waals surface area contributed by atoms with E-state index in [-0.39, 0.29) is 0 Å². The van der Waals surface area contributed by atoms with Crippen LogP contribution in [0.25, 0.3) is 78.0 Å². The smallest absolute Gasteiger partial charge is 0.164 e. The van der Waals surface area contributed by atoms with Crippen LogP contribution < -0.4 is 4.90 Å². The van der Waals surface area contributed by atoms with Gasteiger partial charge in [-0.05, 0) is 58.8 Å². The molecule has 254 valence electrons. The topological polar surface area (TPSA) is 55.1 Å². The molecular weight excluding hydrogens is 661 g/mol. The number of hydrogen-bond donors (Lipinski definition) is 0. The summed E-state index contributed by atoms with van der Waals surface area (Å²) in [5.74, 6) is 1.82. The normalized spacial score (nSPS) is 11.3. The summed E-state index contributed by atoms with van der Waals surface area (Å²) in [6, 6.07) is 66.9. The highest BCUT2D eigenvalue weighted by Gasteiger charge is 2.21. The van der Waals surface area contributed by atoms with Crippen LogP contribution in [0.15, 0.2) is 199 Å². The number of rotatable bonds is 7. The summed E-state index contributed by atoms with van der Waals surface area (Å²) in [5.41, 5.74) is 9.69. The number of hydrogen-bond acceptors (Lipinski definition) is 5. The molecule has 0 unspecified atom stereocenters. The number of fused-ring (bicyclic) bond motifs is 4. The van der Waals surface area contributed by atoms with Crippen LogP contribution in [-0.4, -0.2) is 15.0 Å². The minimum Gasteiger partial charge on any atom is -0.456 e. The van der Waals surface area contributed by atoms with Gasteiger partial charge in [0.1, 0.15) is 11.2 Å². The zero-order valence-electron chi connectivity index (χ0n) is 29.2. The van der Waals surface area contributed by atoms with Gasteiger partial charge >= 0.3 is 0 Å². The standard InChI is InChI=1S/C49H32N4O/c1-4-16-34(17-5-1)40-23-12-13-25-43(40)53(38-21-8-3-9-22-38)39-29-30-41-45(32-39)54-44-26-14-24-42(46(41)44)49-51-47(35-18-6-2-7-19-35)50-48(52-49)37-28-27-33-15-10-11-20-36(33)31-37/h1-32H. The molecule has 0 fully saturated rings. The van der Waals surface area contributed by atoms with E-state index >= 15 is 0 Å². The Bertz CT molecular complexity index is 2940. The summed E-state index contributed by atoms with van der Waals surface area (Å²) < 4.78 is 6.67. The summed E-state index contributed by atoms with van der Waals surface area (Å²) in [6.45, 7) is 0. The van der Waals surface area contributed by atoms with Gasteiger partial charge in [-0.1, -0.05) is 146 Å². The van der Waals surface area contributed by atoms with Crippen molar-refractivity contribution < 1.29 is 4.42 Å². The summed E-state index contributed by atoms with van der Waals surface area (Å²) in [4.78, 5) is 17.5. The van der Waals surface area contributed by atoms with Crippen LogP contribution in [0.1, 0.15) is 0 Å². The molecule has 0 saturated heterocycles. The maximum absolute atomic E-state index is 6.67. The minimum atomic E-state index is 0.590. The first kappa shape index (κ1) is 31.4. The predicted molar refractivity (Wildman–Crippen MR) is 221 cm³/mol. The van der Waals surface area contributed by atoms with Crippen molar-refractivity contribution in [1.29, 1.82) is 0 Å². The molecule has 0 aliphatic rings. The molecule has 10 aromatic rings.